The highest BCUT2D eigenvalue weighted by Crippen LogP contribution is 2.19. The number of carbonyl (C=O) groups excluding carboxylic acids is 1. The maximum atomic E-state index is 13.2. The summed E-state index contributed by atoms with van der Waals surface area (Å²) in [6.45, 7) is 3.99. The summed E-state index contributed by atoms with van der Waals surface area (Å²) >= 11 is 0. The van der Waals surface area contributed by atoms with Gasteiger partial charge in [0.1, 0.15) is 5.82 Å². The number of amides is 1. The van der Waals surface area contributed by atoms with Crippen molar-refractivity contribution in [1.29, 1.82) is 0 Å². The first-order valence-electron chi connectivity index (χ1n) is 7.74. The summed E-state index contributed by atoms with van der Waals surface area (Å²) in [5.41, 5.74) is 3.77. The number of nitrogens with one attached hydrogen (secondary N) is 2. The van der Waals surface area contributed by atoms with Gasteiger partial charge < -0.3 is 10.6 Å². The van der Waals surface area contributed by atoms with Crippen LogP contribution in [0.3, 0.4) is 0 Å². The zero-order chi connectivity index (χ0) is 17.8. The Morgan fingerprint density at radius 1 is 1.04 bits per heavy atom. The molecule has 0 unspecified atom stereocenters. The molecule has 1 amide bonds. The van der Waals surface area contributed by atoms with E-state index in [1.165, 1.54) is 30.6 Å². The normalized spacial score (nSPS) is 10.4. The maximum absolute atomic E-state index is 13.2. The minimum Gasteiger partial charge on any atom is -0.324 e. The lowest BCUT2D eigenvalue weighted by atomic mass is 10.1. The number of benzene rings is 2. The Bertz CT molecular complexity index is 910. The fourth-order valence-corrected chi connectivity index (χ4v) is 2.27. The molecule has 3 aromatic rings. The molecule has 25 heavy (non-hydrogen) atoms. The number of hydrogen-bond donors (Lipinski definition) is 2. The Hall–Kier alpha value is -3.28. The third kappa shape index (κ3) is 4.17. The van der Waals surface area contributed by atoms with Crippen LogP contribution in [-0.4, -0.2) is 15.9 Å². The SMILES string of the molecule is Cc1ccc(C)c(Nc2ncc(C(=O)Nc3cccc(F)c3)cn2)c1. The largest absolute Gasteiger partial charge is 0.324 e. The number of carbonyl (C=O) groups is 1. The minimum atomic E-state index is -0.415. The first-order valence-corrected chi connectivity index (χ1v) is 7.74. The van der Waals surface area contributed by atoms with Crippen molar-refractivity contribution < 1.29 is 9.18 Å². The highest BCUT2D eigenvalue weighted by molar-refractivity contribution is 6.03. The second kappa shape index (κ2) is 7.09. The molecule has 6 heteroatoms. The summed E-state index contributed by atoms with van der Waals surface area (Å²) in [5.74, 6) is -0.415. The van der Waals surface area contributed by atoms with Gasteiger partial charge in [0.25, 0.3) is 5.91 Å². The molecule has 0 saturated heterocycles. The monoisotopic (exact) mass is 336 g/mol. The Morgan fingerprint density at radius 2 is 1.80 bits per heavy atom. The quantitative estimate of drug-likeness (QED) is 0.748. The van der Waals surface area contributed by atoms with Crippen LogP contribution in [0, 0.1) is 19.7 Å². The Balaban J connectivity index is 1.71. The van der Waals surface area contributed by atoms with Crippen molar-refractivity contribution in [1.82, 2.24) is 9.97 Å². The van der Waals surface area contributed by atoms with E-state index < -0.39 is 11.7 Å². The lowest BCUT2D eigenvalue weighted by Crippen LogP contribution is -2.13. The molecule has 1 heterocycles. The molecule has 0 fully saturated rings. The molecule has 3 rings (SSSR count). The van der Waals surface area contributed by atoms with Crippen LogP contribution in [0.5, 0.6) is 0 Å². The molecule has 5 nitrogen and oxygen atoms in total. The highest BCUT2D eigenvalue weighted by atomic mass is 19.1. The van der Waals surface area contributed by atoms with Crippen molar-refractivity contribution in [3.8, 4) is 0 Å². The van der Waals surface area contributed by atoms with Crippen molar-refractivity contribution in [2.75, 3.05) is 10.6 Å². The number of anilines is 3. The zero-order valence-electron chi connectivity index (χ0n) is 13.9. The van der Waals surface area contributed by atoms with Crippen LogP contribution in [-0.2, 0) is 0 Å². The van der Waals surface area contributed by atoms with Gasteiger partial charge in [0.15, 0.2) is 0 Å². The fourth-order valence-electron chi connectivity index (χ4n) is 2.27. The molecule has 0 aliphatic carbocycles. The fraction of sp³-hybridized carbons (Fsp3) is 0.105. The number of rotatable bonds is 4. The van der Waals surface area contributed by atoms with Gasteiger partial charge in [-0.15, -0.1) is 0 Å². The van der Waals surface area contributed by atoms with Crippen molar-refractivity contribution in [2.45, 2.75) is 13.8 Å². The van der Waals surface area contributed by atoms with Crippen LogP contribution >= 0.6 is 0 Å². The van der Waals surface area contributed by atoms with Gasteiger partial charge in [-0.2, -0.15) is 0 Å². The number of aromatic nitrogens is 2. The lowest BCUT2D eigenvalue weighted by molar-refractivity contribution is 0.102. The Labute approximate surface area is 145 Å². The van der Waals surface area contributed by atoms with Crippen LogP contribution in [0.1, 0.15) is 21.5 Å². The molecule has 0 saturated carbocycles. The van der Waals surface area contributed by atoms with E-state index in [1.807, 2.05) is 32.0 Å². The summed E-state index contributed by atoms with van der Waals surface area (Å²) in [6, 6.07) is 11.7. The van der Waals surface area contributed by atoms with Crippen molar-refractivity contribution in [3.63, 3.8) is 0 Å². The first kappa shape index (κ1) is 16.6. The summed E-state index contributed by atoms with van der Waals surface area (Å²) in [6.07, 6.45) is 2.85. The van der Waals surface area contributed by atoms with E-state index in [4.69, 9.17) is 0 Å². The van der Waals surface area contributed by atoms with Gasteiger partial charge in [-0.3, -0.25) is 4.79 Å². The predicted molar refractivity (Wildman–Crippen MR) is 95.6 cm³/mol. The lowest BCUT2D eigenvalue weighted by Gasteiger charge is -2.09. The molecule has 1 aromatic heterocycles. The zero-order valence-corrected chi connectivity index (χ0v) is 13.9. The second-order valence-electron chi connectivity index (χ2n) is 5.70. The van der Waals surface area contributed by atoms with Crippen LogP contribution < -0.4 is 10.6 Å². The molecule has 0 atom stereocenters. The van der Waals surface area contributed by atoms with Crippen LogP contribution in [0.25, 0.3) is 0 Å². The molecular weight excluding hydrogens is 319 g/mol. The van der Waals surface area contributed by atoms with Gasteiger partial charge in [0.2, 0.25) is 5.95 Å². The average molecular weight is 336 g/mol. The smallest absolute Gasteiger partial charge is 0.258 e. The standard InChI is InChI=1S/C19H17FN4O/c1-12-6-7-13(2)17(8-12)24-19-21-10-14(11-22-19)18(25)23-16-5-3-4-15(20)9-16/h3-11H,1-2H3,(H,23,25)(H,21,22,24). The third-order valence-corrected chi connectivity index (χ3v) is 3.64. The van der Waals surface area contributed by atoms with E-state index in [-0.39, 0.29) is 5.56 Å². The Morgan fingerprint density at radius 3 is 2.52 bits per heavy atom. The molecule has 0 aliphatic heterocycles. The molecule has 0 spiro atoms. The minimum absolute atomic E-state index is 0.288. The third-order valence-electron chi connectivity index (χ3n) is 3.64. The molecule has 0 aliphatic rings. The van der Waals surface area contributed by atoms with Gasteiger partial charge >= 0.3 is 0 Å². The molecular formula is C19H17FN4O. The maximum Gasteiger partial charge on any atom is 0.258 e. The molecule has 2 aromatic carbocycles. The molecule has 0 radical (unpaired) electrons. The predicted octanol–water partition coefficient (Wildman–Crippen LogP) is 4.23. The van der Waals surface area contributed by atoms with Gasteiger partial charge in [0, 0.05) is 23.8 Å². The summed E-state index contributed by atoms with van der Waals surface area (Å²) in [4.78, 5) is 20.5. The van der Waals surface area contributed by atoms with Crippen LogP contribution in [0.4, 0.5) is 21.7 Å². The van der Waals surface area contributed by atoms with Crippen LogP contribution in [0.2, 0.25) is 0 Å². The van der Waals surface area contributed by atoms with E-state index in [2.05, 4.69) is 20.6 Å². The summed E-state index contributed by atoms with van der Waals surface area (Å²) < 4.78 is 13.2. The first-order chi connectivity index (χ1) is 12.0. The van der Waals surface area contributed by atoms with Crippen molar-refractivity contribution in [3.05, 3.63) is 77.4 Å². The summed E-state index contributed by atoms with van der Waals surface area (Å²) in [5, 5.41) is 5.74. The number of aryl methyl sites for hydroxylation is 2. The summed E-state index contributed by atoms with van der Waals surface area (Å²) in [7, 11) is 0. The molecule has 2 N–H and O–H groups in total. The van der Waals surface area contributed by atoms with Crippen molar-refractivity contribution >= 4 is 23.2 Å². The van der Waals surface area contributed by atoms with E-state index in [0.29, 0.717) is 11.6 Å². The topological polar surface area (TPSA) is 66.9 Å². The number of halogens is 1. The number of hydrogen-bond acceptors (Lipinski definition) is 4. The number of nitrogens with zero attached hydrogens (tertiary/aromatic N) is 2. The van der Waals surface area contributed by atoms with Crippen LogP contribution in [0.15, 0.2) is 54.9 Å². The molecule has 126 valence electrons. The van der Waals surface area contributed by atoms with E-state index in [0.717, 1.165) is 16.8 Å². The second-order valence-corrected chi connectivity index (χ2v) is 5.70. The van der Waals surface area contributed by atoms with Gasteiger partial charge in [-0.1, -0.05) is 18.2 Å². The van der Waals surface area contributed by atoms with Gasteiger partial charge in [0.05, 0.1) is 5.56 Å². The average Bonchev–Trinajstić information content (AvgIpc) is 2.59. The van der Waals surface area contributed by atoms with E-state index >= 15 is 0 Å². The van der Waals surface area contributed by atoms with Gasteiger partial charge in [-0.25, -0.2) is 14.4 Å². The highest BCUT2D eigenvalue weighted by Gasteiger charge is 2.09. The van der Waals surface area contributed by atoms with E-state index in [1.54, 1.807) is 6.07 Å². The van der Waals surface area contributed by atoms with E-state index in [9.17, 15) is 9.18 Å². The van der Waals surface area contributed by atoms with Gasteiger partial charge in [-0.05, 0) is 49.2 Å². The van der Waals surface area contributed by atoms with Crippen molar-refractivity contribution in [2.24, 2.45) is 0 Å². The molecule has 0 bridgehead atoms. The Kier molecular flexibility index (Phi) is 4.70.